The molecule has 3 rings (SSSR count). The number of rotatable bonds is 4. The Morgan fingerprint density at radius 3 is 2.14 bits per heavy atom. The smallest absolute Gasteiger partial charge is 0.0346 e. The molecule has 108 valence electrons. The summed E-state index contributed by atoms with van der Waals surface area (Å²) in [4.78, 5) is 0. The van der Waals surface area contributed by atoms with E-state index < -0.39 is 0 Å². The molecule has 0 atom stereocenters. The minimum atomic E-state index is 1.00. The van der Waals surface area contributed by atoms with Gasteiger partial charge in [0.15, 0.2) is 0 Å². The molecule has 21 heavy (non-hydrogen) atoms. The van der Waals surface area contributed by atoms with Crippen LogP contribution in [0.4, 0.5) is 5.69 Å². The Morgan fingerprint density at radius 2 is 1.48 bits per heavy atom. The van der Waals surface area contributed by atoms with Gasteiger partial charge in [0.2, 0.25) is 0 Å². The third-order valence-electron chi connectivity index (χ3n) is 4.20. The monoisotopic (exact) mass is 341 g/mol. The van der Waals surface area contributed by atoms with Gasteiger partial charge in [0.05, 0.1) is 0 Å². The molecule has 0 radical (unpaired) electrons. The highest BCUT2D eigenvalue weighted by molar-refractivity contribution is 9.09. The Kier molecular flexibility index (Phi) is 4.16. The molecular weight excluding hydrogens is 322 g/mol. The lowest BCUT2D eigenvalue weighted by atomic mass is 9.93. The van der Waals surface area contributed by atoms with Crippen molar-refractivity contribution in [3.05, 3.63) is 53.6 Å². The maximum absolute atomic E-state index is 3.50. The third-order valence-corrected chi connectivity index (χ3v) is 4.76. The minimum Gasteiger partial charge on any atom is -0.385 e. The minimum absolute atomic E-state index is 1.00. The van der Waals surface area contributed by atoms with E-state index in [2.05, 4.69) is 77.6 Å². The van der Waals surface area contributed by atoms with Crippen molar-refractivity contribution < 1.29 is 0 Å². The first kappa shape index (κ1) is 14.4. The first-order valence-electron chi connectivity index (χ1n) is 7.44. The molecule has 1 N–H and O–H groups in total. The zero-order valence-electron chi connectivity index (χ0n) is 12.5. The van der Waals surface area contributed by atoms with Crippen LogP contribution in [-0.2, 0) is 0 Å². The summed E-state index contributed by atoms with van der Waals surface area (Å²) in [5.74, 6) is 0. The van der Waals surface area contributed by atoms with Crippen molar-refractivity contribution in [2.75, 3.05) is 17.2 Å². The Balaban J connectivity index is 2.16. The molecule has 0 aliphatic rings. The molecule has 3 aromatic rings. The average Bonchev–Trinajstić information content (AvgIpc) is 2.53. The molecule has 0 aromatic heterocycles. The SMILES string of the molecule is Cc1c2ccccc2c(C)c2cc(NCCCBr)ccc12. The summed E-state index contributed by atoms with van der Waals surface area (Å²) in [7, 11) is 0. The van der Waals surface area contributed by atoms with Gasteiger partial charge in [-0.1, -0.05) is 46.3 Å². The molecule has 0 aliphatic carbocycles. The van der Waals surface area contributed by atoms with Gasteiger partial charge in [-0.25, -0.2) is 0 Å². The van der Waals surface area contributed by atoms with Gasteiger partial charge in [-0.15, -0.1) is 0 Å². The highest BCUT2D eigenvalue weighted by Crippen LogP contribution is 2.33. The molecule has 0 spiro atoms. The first-order chi connectivity index (χ1) is 10.2. The zero-order valence-corrected chi connectivity index (χ0v) is 14.1. The van der Waals surface area contributed by atoms with Crippen LogP contribution in [0.3, 0.4) is 0 Å². The van der Waals surface area contributed by atoms with Crippen LogP contribution in [0.2, 0.25) is 0 Å². The second-order valence-corrected chi connectivity index (χ2v) is 6.32. The van der Waals surface area contributed by atoms with Gasteiger partial charge in [0.25, 0.3) is 0 Å². The highest BCUT2D eigenvalue weighted by Gasteiger charge is 2.08. The van der Waals surface area contributed by atoms with Crippen LogP contribution in [0.5, 0.6) is 0 Å². The maximum atomic E-state index is 3.50. The first-order valence-corrected chi connectivity index (χ1v) is 8.56. The number of fused-ring (bicyclic) bond motifs is 2. The topological polar surface area (TPSA) is 12.0 Å². The van der Waals surface area contributed by atoms with Gasteiger partial charge in [-0.05, 0) is 65.1 Å². The number of halogens is 1. The second-order valence-electron chi connectivity index (χ2n) is 5.53. The molecule has 1 nitrogen and oxygen atoms in total. The van der Waals surface area contributed by atoms with Gasteiger partial charge in [-0.3, -0.25) is 0 Å². The molecule has 0 aliphatic heterocycles. The quantitative estimate of drug-likeness (QED) is 0.359. The standard InChI is InChI=1S/C19H20BrN/c1-13-16-6-3-4-7-17(16)14(2)19-12-15(8-9-18(13)19)21-11-5-10-20/h3-4,6-9,12,21H,5,10-11H2,1-2H3. The summed E-state index contributed by atoms with van der Waals surface area (Å²) < 4.78 is 0. The van der Waals surface area contributed by atoms with Gasteiger partial charge in [0, 0.05) is 17.6 Å². The molecule has 2 heteroatoms. The predicted octanol–water partition coefficient (Wildman–Crippen LogP) is 5.81. The lowest BCUT2D eigenvalue weighted by Crippen LogP contribution is -2.01. The summed E-state index contributed by atoms with van der Waals surface area (Å²) in [5, 5.41) is 9.98. The van der Waals surface area contributed by atoms with Crippen molar-refractivity contribution in [2.45, 2.75) is 20.3 Å². The van der Waals surface area contributed by atoms with Crippen LogP contribution in [0, 0.1) is 13.8 Å². The summed E-state index contributed by atoms with van der Waals surface area (Å²) in [6.45, 7) is 5.46. The Bertz CT molecular complexity index is 792. The lowest BCUT2D eigenvalue weighted by molar-refractivity contribution is 1.000. The fraction of sp³-hybridized carbons (Fsp3) is 0.263. The third kappa shape index (κ3) is 2.65. The number of hydrogen-bond acceptors (Lipinski definition) is 1. The van der Waals surface area contributed by atoms with E-state index in [-0.39, 0.29) is 0 Å². The molecular formula is C19H20BrN. The zero-order chi connectivity index (χ0) is 14.8. The van der Waals surface area contributed by atoms with E-state index in [1.54, 1.807) is 0 Å². The molecule has 0 heterocycles. The predicted molar refractivity (Wildman–Crippen MR) is 97.8 cm³/mol. The fourth-order valence-electron chi connectivity index (χ4n) is 3.02. The van der Waals surface area contributed by atoms with Gasteiger partial charge in [-0.2, -0.15) is 0 Å². The molecule has 0 fully saturated rings. The summed E-state index contributed by atoms with van der Waals surface area (Å²) in [6.07, 6.45) is 1.13. The van der Waals surface area contributed by atoms with Crippen molar-refractivity contribution in [1.29, 1.82) is 0 Å². The largest absolute Gasteiger partial charge is 0.385 e. The lowest BCUT2D eigenvalue weighted by Gasteiger charge is -2.14. The van der Waals surface area contributed by atoms with Crippen LogP contribution in [-0.4, -0.2) is 11.9 Å². The van der Waals surface area contributed by atoms with Crippen molar-refractivity contribution in [1.82, 2.24) is 0 Å². The van der Waals surface area contributed by atoms with E-state index in [4.69, 9.17) is 0 Å². The van der Waals surface area contributed by atoms with Crippen LogP contribution in [0.25, 0.3) is 21.5 Å². The van der Waals surface area contributed by atoms with Crippen LogP contribution >= 0.6 is 15.9 Å². The van der Waals surface area contributed by atoms with E-state index in [0.29, 0.717) is 0 Å². The van der Waals surface area contributed by atoms with E-state index in [1.165, 1.54) is 38.4 Å². The molecule has 0 amide bonds. The Hall–Kier alpha value is -1.54. The van der Waals surface area contributed by atoms with Gasteiger partial charge in [0.1, 0.15) is 0 Å². The number of aryl methyl sites for hydroxylation is 2. The second kappa shape index (κ2) is 6.07. The fourth-order valence-corrected chi connectivity index (χ4v) is 3.30. The Morgan fingerprint density at radius 1 is 0.857 bits per heavy atom. The number of nitrogens with one attached hydrogen (secondary N) is 1. The van der Waals surface area contributed by atoms with E-state index in [0.717, 1.165) is 18.3 Å². The number of alkyl halides is 1. The molecule has 0 bridgehead atoms. The summed E-state index contributed by atoms with van der Waals surface area (Å²) in [5.41, 5.74) is 3.95. The number of benzene rings is 3. The van der Waals surface area contributed by atoms with E-state index in [9.17, 15) is 0 Å². The summed E-state index contributed by atoms with van der Waals surface area (Å²) in [6, 6.07) is 15.4. The van der Waals surface area contributed by atoms with E-state index >= 15 is 0 Å². The molecule has 0 saturated heterocycles. The Labute approximate surface area is 134 Å². The van der Waals surface area contributed by atoms with Crippen LogP contribution in [0.1, 0.15) is 17.5 Å². The number of anilines is 1. The molecule has 0 unspecified atom stereocenters. The van der Waals surface area contributed by atoms with Gasteiger partial charge < -0.3 is 5.32 Å². The van der Waals surface area contributed by atoms with Crippen molar-refractivity contribution in [2.24, 2.45) is 0 Å². The van der Waals surface area contributed by atoms with Gasteiger partial charge >= 0.3 is 0 Å². The summed E-state index contributed by atoms with van der Waals surface area (Å²) >= 11 is 3.47. The van der Waals surface area contributed by atoms with Crippen molar-refractivity contribution in [3.63, 3.8) is 0 Å². The van der Waals surface area contributed by atoms with Crippen LogP contribution < -0.4 is 5.32 Å². The van der Waals surface area contributed by atoms with Crippen LogP contribution in [0.15, 0.2) is 42.5 Å². The average molecular weight is 342 g/mol. The normalized spacial score (nSPS) is 11.2. The molecule has 0 saturated carbocycles. The van der Waals surface area contributed by atoms with Crippen molar-refractivity contribution >= 4 is 43.2 Å². The maximum Gasteiger partial charge on any atom is 0.0346 e. The highest BCUT2D eigenvalue weighted by atomic mass is 79.9. The van der Waals surface area contributed by atoms with Crippen molar-refractivity contribution in [3.8, 4) is 0 Å². The molecule has 3 aromatic carbocycles. The van der Waals surface area contributed by atoms with E-state index in [1.807, 2.05) is 0 Å². The number of hydrogen-bond donors (Lipinski definition) is 1.